The fourth-order valence-electron chi connectivity index (χ4n) is 2.80. The van der Waals surface area contributed by atoms with Crippen molar-refractivity contribution in [1.82, 2.24) is 19.8 Å². The van der Waals surface area contributed by atoms with Crippen molar-refractivity contribution in [3.63, 3.8) is 0 Å². The first-order valence-electron chi connectivity index (χ1n) is 8.00. The molecule has 0 radical (unpaired) electrons. The molecule has 4 heterocycles. The second kappa shape index (κ2) is 6.71. The van der Waals surface area contributed by atoms with Crippen LogP contribution in [0.15, 0.2) is 29.8 Å². The van der Waals surface area contributed by atoms with Crippen LogP contribution in [-0.2, 0) is 9.53 Å². The van der Waals surface area contributed by atoms with Crippen molar-refractivity contribution in [2.45, 2.75) is 0 Å². The second-order valence-corrected chi connectivity index (χ2v) is 6.87. The molecule has 26 heavy (non-hydrogen) atoms. The number of nitrogens with one attached hydrogen (secondary N) is 1. The first kappa shape index (κ1) is 16.5. The fraction of sp³-hybridized carbons (Fsp3) is 0.312. The molecular formula is C16H15N5O4S. The van der Waals surface area contributed by atoms with E-state index in [9.17, 15) is 14.4 Å². The summed E-state index contributed by atoms with van der Waals surface area (Å²) in [6.45, 7) is 1.03. The van der Waals surface area contributed by atoms with E-state index in [0.717, 1.165) is 10.6 Å². The summed E-state index contributed by atoms with van der Waals surface area (Å²) in [5, 5.41) is 5.09. The van der Waals surface area contributed by atoms with Gasteiger partial charge in [0.1, 0.15) is 5.69 Å². The minimum atomic E-state index is -0.609. The summed E-state index contributed by atoms with van der Waals surface area (Å²) in [7, 11) is 0. The Kier molecular flexibility index (Phi) is 4.25. The summed E-state index contributed by atoms with van der Waals surface area (Å²) in [5.74, 6) is -0.265. The average molecular weight is 373 g/mol. The van der Waals surface area contributed by atoms with Gasteiger partial charge in [0.2, 0.25) is 0 Å². The van der Waals surface area contributed by atoms with Gasteiger partial charge in [0, 0.05) is 37.1 Å². The molecule has 2 fully saturated rings. The Morgan fingerprint density at radius 2 is 2.15 bits per heavy atom. The zero-order valence-corrected chi connectivity index (χ0v) is 14.4. The number of cyclic esters (lactones) is 1. The SMILES string of the molecule is O=C(Nc1nc(-c2ccccn2)cs1)N1CC(CN2C(=O)COC2=O)C1. The predicted molar refractivity (Wildman–Crippen MR) is 92.5 cm³/mol. The Bertz CT molecular complexity index is 833. The highest BCUT2D eigenvalue weighted by molar-refractivity contribution is 7.14. The Morgan fingerprint density at radius 1 is 1.31 bits per heavy atom. The average Bonchev–Trinajstić information content (AvgIpc) is 3.19. The summed E-state index contributed by atoms with van der Waals surface area (Å²) in [6, 6.07) is 5.30. The highest BCUT2D eigenvalue weighted by Gasteiger charge is 2.38. The first-order chi connectivity index (χ1) is 12.6. The Balaban J connectivity index is 1.28. The minimum absolute atomic E-state index is 0.0655. The lowest BCUT2D eigenvalue weighted by atomic mass is 10.0. The van der Waals surface area contributed by atoms with Crippen molar-refractivity contribution in [2.75, 3.05) is 31.6 Å². The van der Waals surface area contributed by atoms with E-state index in [1.54, 1.807) is 11.1 Å². The number of hydrogen-bond donors (Lipinski definition) is 1. The van der Waals surface area contributed by atoms with Crippen LogP contribution in [0.5, 0.6) is 0 Å². The van der Waals surface area contributed by atoms with Crippen molar-refractivity contribution >= 4 is 34.5 Å². The van der Waals surface area contributed by atoms with E-state index in [2.05, 4.69) is 20.0 Å². The highest BCUT2D eigenvalue weighted by Crippen LogP contribution is 2.25. The molecule has 0 aliphatic carbocycles. The molecule has 2 saturated heterocycles. The first-order valence-corrected chi connectivity index (χ1v) is 8.88. The number of imide groups is 1. The van der Waals surface area contributed by atoms with Crippen molar-refractivity contribution in [1.29, 1.82) is 0 Å². The summed E-state index contributed by atoms with van der Waals surface area (Å²) in [4.78, 5) is 46.5. The molecule has 2 aromatic heterocycles. The van der Waals surface area contributed by atoms with E-state index in [1.807, 2.05) is 23.6 Å². The van der Waals surface area contributed by atoms with Crippen molar-refractivity contribution in [2.24, 2.45) is 5.92 Å². The van der Waals surface area contributed by atoms with Gasteiger partial charge in [-0.25, -0.2) is 19.5 Å². The van der Waals surface area contributed by atoms with Gasteiger partial charge in [-0.1, -0.05) is 6.07 Å². The lowest BCUT2D eigenvalue weighted by Crippen LogP contribution is -2.55. The zero-order valence-electron chi connectivity index (χ0n) is 13.6. The number of amides is 4. The van der Waals surface area contributed by atoms with Crippen LogP contribution in [0, 0.1) is 5.92 Å². The number of hydrogen-bond acceptors (Lipinski definition) is 7. The van der Waals surface area contributed by atoms with Crippen LogP contribution in [0.25, 0.3) is 11.4 Å². The van der Waals surface area contributed by atoms with Crippen LogP contribution in [0.2, 0.25) is 0 Å². The molecule has 1 N–H and O–H groups in total. The smallest absolute Gasteiger partial charge is 0.417 e. The molecule has 0 unspecified atom stereocenters. The van der Waals surface area contributed by atoms with Gasteiger partial charge in [-0.15, -0.1) is 11.3 Å². The molecule has 0 aromatic carbocycles. The van der Waals surface area contributed by atoms with Gasteiger partial charge in [0.15, 0.2) is 11.7 Å². The molecule has 0 saturated carbocycles. The van der Waals surface area contributed by atoms with Crippen LogP contribution < -0.4 is 5.32 Å². The number of thiazole rings is 1. The molecule has 2 aromatic rings. The summed E-state index contributed by atoms with van der Waals surface area (Å²) >= 11 is 1.33. The molecule has 0 bridgehead atoms. The van der Waals surface area contributed by atoms with Crippen LogP contribution in [0.1, 0.15) is 0 Å². The number of aromatic nitrogens is 2. The number of ether oxygens (including phenoxy) is 1. The number of anilines is 1. The molecule has 2 aliphatic heterocycles. The Hall–Kier alpha value is -3.01. The van der Waals surface area contributed by atoms with Gasteiger partial charge in [0.05, 0.1) is 5.69 Å². The van der Waals surface area contributed by atoms with E-state index in [1.165, 1.54) is 11.3 Å². The second-order valence-electron chi connectivity index (χ2n) is 6.01. The quantitative estimate of drug-likeness (QED) is 0.874. The van der Waals surface area contributed by atoms with E-state index in [-0.39, 0.29) is 31.0 Å². The van der Waals surface area contributed by atoms with Crippen LogP contribution in [-0.4, -0.2) is 64.0 Å². The monoisotopic (exact) mass is 373 g/mol. The van der Waals surface area contributed by atoms with Crippen LogP contribution in [0.3, 0.4) is 0 Å². The van der Waals surface area contributed by atoms with Crippen LogP contribution >= 0.6 is 11.3 Å². The van der Waals surface area contributed by atoms with Gasteiger partial charge in [0.25, 0.3) is 5.91 Å². The maximum absolute atomic E-state index is 12.2. The molecule has 9 nitrogen and oxygen atoms in total. The van der Waals surface area contributed by atoms with Crippen LogP contribution in [0.4, 0.5) is 14.7 Å². The largest absolute Gasteiger partial charge is 0.439 e. The highest BCUT2D eigenvalue weighted by atomic mass is 32.1. The van der Waals surface area contributed by atoms with Gasteiger partial charge in [-0.05, 0) is 12.1 Å². The summed E-state index contributed by atoms with van der Waals surface area (Å²) in [5.41, 5.74) is 1.45. The molecule has 0 atom stereocenters. The molecule has 10 heteroatoms. The predicted octanol–water partition coefficient (Wildman–Crippen LogP) is 1.65. The van der Waals surface area contributed by atoms with Gasteiger partial charge >= 0.3 is 12.1 Å². The molecule has 4 rings (SSSR count). The molecule has 134 valence electrons. The fourth-order valence-corrected chi connectivity index (χ4v) is 3.49. The van der Waals surface area contributed by atoms with Gasteiger partial charge < -0.3 is 9.64 Å². The minimum Gasteiger partial charge on any atom is -0.439 e. The third-order valence-electron chi connectivity index (χ3n) is 4.17. The van der Waals surface area contributed by atoms with E-state index >= 15 is 0 Å². The number of urea groups is 1. The number of pyridine rings is 1. The van der Waals surface area contributed by atoms with Crippen molar-refractivity contribution < 1.29 is 19.1 Å². The molecular weight excluding hydrogens is 358 g/mol. The maximum atomic E-state index is 12.2. The molecule has 0 spiro atoms. The van der Waals surface area contributed by atoms with E-state index < -0.39 is 6.09 Å². The van der Waals surface area contributed by atoms with Crippen molar-refractivity contribution in [3.05, 3.63) is 29.8 Å². The number of carbonyl (C=O) groups is 3. The summed E-state index contributed by atoms with van der Waals surface area (Å²) < 4.78 is 4.67. The topological polar surface area (TPSA) is 105 Å². The Labute approximate surface area is 152 Å². The zero-order chi connectivity index (χ0) is 18.1. The third-order valence-corrected chi connectivity index (χ3v) is 4.93. The van der Waals surface area contributed by atoms with Gasteiger partial charge in [-0.2, -0.15) is 0 Å². The Morgan fingerprint density at radius 3 is 2.85 bits per heavy atom. The van der Waals surface area contributed by atoms with E-state index in [0.29, 0.717) is 23.9 Å². The summed E-state index contributed by atoms with van der Waals surface area (Å²) in [6.07, 6.45) is 1.08. The number of nitrogens with zero attached hydrogens (tertiary/aromatic N) is 4. The molecule has 2 aliphatic rings. The molecule has 4 amide bonds. The number of rotatable bonds is 4. The third kappa shape index (κ3) is 3.23. The lowest BCUT2D eigenvalue weighted by Gasteiger charge is -2.39. The lowest BCUT2D eigenvalue weighted by molar-refractivity contribution is -0.126. The number of carbonyl (C=O) groups excluding carboxylic acids is 3. The normalized spacial score (nSPS) is 17.2. The number of likely N-dealkylation sites (tertiary alicyclic amines) is 1. The standard InChI is InChI=1S/C16H15N5O4S/c22-13-8-25-16(24)21(13)7-10-5-20(6-10)15(23)19-14-18-12(9-26-14)11-3-1-2-4-17-11/h1-4,9-10H,5-8H2,(H,18,19,23). The van der Waals surface area contributed by atoms with Gasteiger partial charge in [-0.3, -0.25) is 15.1 Å². The van der Waals surface area contributed by atoms with Crippen molar-refractivity contribution in [3.8, 4) is 11.4 Å². The maximum Gasteiger partial charge on any atom is 0.417 e. The van der Waals surface area contributed by atoms with E-state index in [4.69, 9.17) is 0 Å².